The van der Waals surface area contributed by atoms with Gasteiger partial charge in [-0.3, -0.25) is 9.59 Å². The van der Waals surface area contributed by atoms with Crippen LogP contribution in [0.15, 0.2) is 72.6 Å². The van der Waals surface area contributed by atoms with E-state index in [4.69, 9.17) is 19.8 Å². The van der Waals surface area contributed by atoms with Gasteiger partial charge in [0.25, 0.3) is 5.91 Å². The lowest BCUT2D eigenvalue weighted by molar-refractivity contribution is -0.137. The third kappa shape index (κ3) is 6.46. The van der Waals surface area contributed by atoms with Crippen LogP contribution >= 0.6 is 0 Å². The molecule has 1 aliphatic heterocycles. The van der Waals surface area contributed by atoms with Gasteiger partial charge in [0.05, 0.1) is 35.3 Å². The van der Waals surface area contributed by atoms with Gasteiger partial charge in [0, 0.05) is 37.4 Å². The molecule has 0 saturated carbocycles. The lowest BCUT2D eigenvalue weighted by Gasteiger charge is -2.40. The number of hydrogen-bond donors (Lipinski definition) is 1. The van der Waals surface area contributed by atoms with Crippen molar-refractivity contribution in [3.8, 4) is 0 Å². The first-order chi connectivity index (χ1) is 18.4. The fourth-order valence-electron chi connectivity index (χ4n) is 4.77. The van der Waals surface area contributed by atoms with Gasteiger partial charge in [-0.1, -0.05) is 37.0 Å². The number of carbonyl (C=O) groups is 2. The first-order valence-corrected chi connectivity index (χ1v) is 13.1. The molecular formula is C31H35N3O4. The number of aromatic nitrogens is 2. The van der Waals surface area contributed by atoms with Crippen molar-refractivity contribution in [2.45, 2.75) is 45.4 Å². The molecule has 1 fully saturated rings. The van der Waals surface area contributed by atoms with E-state index in [9.17, 15) is 9.59 Å². The van der Waals surface area contributed by atoms with E-state index in [-0.39, 0.29) is 12.3 Å². The number of carboxylic acid groups (broad SMARTS) is 1. The van der Waals surface area contributed by atoms with Crippen molar-refractivity contribution < 1.29 is 19.4 Å². The molecule has 1 saturated heterocycles. The molecule has 7 nitrogen and oxygen atoms in total. The van der Waals surface area contributed by atoms with E-state index in [2.05, 4.69) is 18.7 Å². The smallest absolute Gasteiger partial charge is 0.303 e. The van der Waals surface area contributed by atoms with Crippen LogP contribution in [0.25, 0.3) is 16.6 Å². The van der Waals surface area contributed by atoms with Gasteiger partial charge in [0.15, 0.2) is 0 Å². The second kappa shape index (κ2) is 12.5. The topological polar surface area (TPSA) is 92.6 Å². The number of amides is 1. The number of methoxy groups -OCH3 is 1. The van der Waals surface area contributed by atoms with E-state index < -0.39 is 5.97 Å². The molecule has 1 aromatic heterocycles. The number of unbranched alkanes of at least 4 members (excludes halogenated alkanes) is 1. The standard InChI is InChI=1S/C31H35N3O4/c1-4-5-6-10-21(2)30-27(13-7-8-14-29(35)36)32-28-18-23(15-16-26(28)33-30)31(37)34-19-24(20-34)22-11-9-12-25(17-22)38-3/h4-6,10-11,15-18,24H,2,7-9,12-14,19-20H2,1,3H3,(H,35,36)/b5-4-,10-6-. The van der Waals surface area contributed by atoms with Crippen LogP contribution in [0.2, 0.25) is 0 Å². The molecule has 0 bridgehead atoms. The van der Waals surface area contributed by atoms with E-state index in [0.29, 0.717) is 60.6 Å². The Kier molecular flexibility index (Phi) is 8.89. The number of aryl methyl sites for hydroxylation is 1. The summed E-state index contributed by atoms with van der Waals surface area (Å²) >= 11 is 0. The number of nitrogens with zero attached hydrogens (tertiary/aromatic N) is 3. The van der Waals surface area contributed by atoms with Crippen LogP contribution in [-0.2, 0) is 16.0 Å². The molecule has 2 aromatic rings. The van der Waals surface area contributed by atoms with E-state index in [0.717, 1.165) is 29.9 Å². The Morgan fingerprint density at radius 1 is 1.18 bits per heavy atom. The molecular weight excluding hydrogens is 478 g/mol. The molecule has 0 radical (unpaired) electrons. The van der Waals surface area contributed by atoms with Crippen LogP contribution in [0, 0.1) is 5.92 Å². The highest BCUT2D eigenvalue weighted by Crippen LogP contribution is 2.31. The highest BCUT2D eigenvalue weighted by atomic mass is 16.5. The summed E-state index contributed by atoms with van der Waals surface area (Å²) in [6.07, 6.45) is 15.8. The van der Waals surface area contributed by atoms with Gasteiger partial charge in [-0.25, -0.2) is 9.97 Å². The zero-order valence-electron chi connectivity index (χ0n) is 22.2. The third-order valence-electron chi connectivity index (χ3n) is 6.94. The Morgan fingerprint density at radius 3 is 2.74 bits per heavy atom. The van der Waals surface area contributed by atoms with E-state index in [1.165, 1.54) is 5.57 Å². The summed E-state index contributed by atoms with van der Waals surface area (Å²) in [7, 11) is 1.70. The summed E-state index contributed by atoms with van der Waals surface area (Å²) in [5.74, 6) is 0.521. The molecule has 1 aliphatic carbocycles. The normalized spacial score (nSPS) is 16.0. The van der Waals surface area contributed by atoms with Gasteiger partial charge in [-0.15, -0.1) is 0 Å². The molecule has 4 rings (SSSR count). The number of carbonyl (C=O) groups excluding carboxylic acids is 1. The lowest BCUT2D eigenvalue weighted by Crippen LogP contribution is -2.50. The molecule has 0 unspecified atom stereocenters. The van der Waals surface area contributed by atoms with Crippen LogP contribution in [0.4, 0.5) is 0 Å². The number of allylic oxidation sites excluding steroid dienone is 8. The van der Waals surface area contributed by atoms with Crippen LogP contribution in [0.5, 0.6) is 0 Å². The van der Waals surface area contributed by atoms with Crippen molar-refractivity contribution in [1.82, 2.24) is 14.9 Å². The zero-order chi connectivity index (χ0) is 27.1. The summed E-state index contributed by atoms with van der Waals surface area (Å²) in [6.45, 7) is 7.49. The number of hydrogen-bond acceptors (Lipinski definition) is 5. The number of ether oxygens (including phenoxy) is 1. The fourth-order valence-corrected chi connectivity index (χ4v) is 4.77. The SMILES string of the molecule is C=C(/C=C\C=C/C)c1nc2ccc(C(=O)N3CC(C4=CCCC(OC)=C4)C3)cc2nc1CCCCC(=O)O. The monoisotopic (exact) mass is 513 g/mol. The minimum Gasteiger partial charge on any atom is -0.501 e. The highest BCUT2D eigenvalue weighted by molar-refractivity contribution is 5.98. The van der Waals surface area contributed by atoms with Crippen molar-refractivity contribution in [1.29, 1.82) is 0 Å². The number of carboxylic acids is 1. The summed E-state index contributed by atoms with van der Waals surface area (Å²) < 4.78 is 5.41. The second-order valence-corrected chi connectivity index (χ2v) is 9.70. The molecule has 2 aliphatic rings. The third-order valence-corrected chi connectivity index (χ3v) is 6.94. The Labute approximate surface area is 223 Å². The quantitative estimate of drug-likeness (QED) is 0.297. The molecule has 2 heterocycles. The van der Waals surface area contributed by atoms with Crippen molar-refractivity contribution in [2.75, 3.05) is 20.2 Å². The number of rotatable bonds is 11. The molecule has 0 atom stereocenters. The number of likely N-dealkylation sites (tertiary alicyclic amines) is 1. The largest absolute Gasteiger partial charge is 0.501 e. The Morgan fingerprint density at radius 2 is 2.00 bits per heavy atom. The summed E-state index contributed by atoms with van der Waals surface area (Å²) in [5.41, 5.74) is 5.38. The Bertz CT molecular complexity index is 1350. The van der Waals surface area contributed by atoms with E-state index >= 15 is 0 Å². The minimum atomic E-state index is -0.806. The van der Waals surface area contributed by atoms with Gasteiger partial charge in [-0.2, -0.15) is 0 Å². The number of benzene rings is 1. The van der Waals surface area contributed by atoms with Crippen molar-refractivity contribution in [3.63, 3.8) is 0 Å². The van der Waals surface area contributed by atoms with Crippen LogP contribution in [-0.4, -0.2) is 52.1 Å². The predicted molar refractivity (Wildman–Crippen MR) is 150 cm³/mol. The number of aliphatic carboxylic acids is 1. The van der Waals surface area contributed by atoms with Gasteiger partial charge in [-0.05, 0) is 68.0 Å². The molecule has 198 valence electrons. The molecule has 1 amide bonds. The first-order valence-electron chi connectivity index (χ1n) is 13.1. The maximum atomic E-state index is 13.2. The Hall–Kier alpha value is -4.00. The van der Waals surface area contributed by atoms with E-state index in [1.807, 2.05) is 54.3 Å². The van der Waals surface area contributed by atoms with Gasteiger partial charge < -0.3 is 14.7 Å². The summed E-state index contributed by atoms with van der Waals surface area (Å²) in [4.78, 5) is 35.7. The molecule has 7 heteroatoms. The average Bonchev–Trinajstić information content (AvgIpc) is 2.89. The average molecular weight is 514 g/mol. The van der Waals surface area contributed by atoms with Crippen LogP contribution in [0.3, 0.4) is 0 Å². The maximum absolute atomic E-state index is 13.2. The zero-order valence-corrected chi connectivity index (χ0v) is 22.2. The molecule has 1 N–H and O–H groups in total. The van der Waals surface area contributed by atoms with Gasteiger partial charge >= 0.3 is 5.97 Å². The van der Waals surface area contributed by atoms with Crippen LogP contribution in [0.1, 0.15) is 60.8 Å². The number of fused-ring (bicyclic) bond motifs is 1. The fraction of sp³-hybridized carbons (Fsp3) is 0.355. The van der Waals surface area contributed by atoms with Crippen molar-refractivity contribution >= 4 is 28.5 Å². The molecule has 38 heavy (non-hydrogen) atoms. The van der Waals surface area contributed by atoms with Crippen LogP contribution < -0.4 is 0 Å². The molecule has 1 aromatic carbocycles. The highest BCUT2D eigenvalue weighted by Gasteiger charge is 2.33. The molecule has 0 spiro atoms. The maximum Gasteiger partial charge on any atom is 0.303 e. The minimum absolute atomic E-state index is 0.0110. The first kappa shape index (κ1) is 27.0. The van der Waals surface area contributed by atoms with Gasteiger partial charge in [0.1, 0.15) is 0 Å². The second-order valence-electron chi connectivity index (χ2n) is 9.70. The Balaban J connectivity index is 1.52. The van der Waals surface area contributed by atoms with E-state index in [1.54, 1.807) is 7.11 Å². The predicted octanol–water partition coefficient (Wildman–Crippen LogP) is 5.90. The van der Waals surface area contributed by atoms with Crippen molar-refractivity contribution in [2.24, 2.45) is 5.92 Å². The summed E-state index contributed by atoms with van der Waals surface area (Å²) in [5, 5.41) is 8.98. The van der Waals surface area contributed by atoms with Crippen molar-refractivity contribution in [3.05, 3.63) is 89.5 Å². The van der Waals surface area contributed by atoms with Gasteiger partial charge in [0.2, 0.25) is 0 Å². The summed E-state index contributed by atoms with van der Waals surface area (Å²) in [6, 6.07) is 5.46. The lowest BCUT2D eigenvalue weighted by atomic mass is 9.87.